The largest absolute Gasteiger partial charge is 0.463 e. The van der Waals surface area contributed by atoms with Crippen LogP contribution in [0.3, 0.4) is 0 Å². The number of hydrogen-bond acceptors (Lipinski definition) is 8. The minimum absolute atomic E-state index is 0.119. The maximum absolute atomic E-state index is 14.0. The predicted molar refractivity (Wildman–Crippen MR) is 159 cm³/mol. The van der Waals surface area contributed by atoms with Gasteiger partial charge in [0.05, 0.1) is 28.5 Å². The monoisotopic (exact) mass is 634 g/mol. The number of aryl methyl sites for hydroxylation is 1. The highest BCUT2D eigenvalue weighted by atomic mass is 79.9. The van der Waals surface area contributed by atoms with Gasteiger partial charge in [0, 0.05) is 16.1 Å². The minimum Gasteiger partial charge on any atom is -0.463 e. The summed E-state index contributed by atoms with van der Waals surface area (Å²) in [6.07, 6.45) is 3.06. The van der Waals surface area contributed by atoms with Crippen molar-refractivity contribution >= 4 is 39.3 Å². The molecule has 0 saturated carbocycles. The molecule has 0 saturated heterocycles. The summed E-state index contributed by atoms with van der Waals surface area (Å²) in [6.45, 7) is 6.13. The molecule has 2 aliphatic heterocycles. The molecule has 2 aromatic heterocycles. The van der Waals surface area contributed by atoms with Crippen LogP contribution >= 0.6 is 27.3 Å². The van der Waals surface area contributed by atoms with Crippen LogP contribution in [-0.2, 0) is 9.53 Å². The molecule has 41 heavy (non-hydrogen) atoms. The summed E-state index contributed by atoms with van der Waals surface area (Å²) in [5.74, 6) is 1.91. The molecule has 0 spiro atoms. The summed E-state index contributed by atoms with van der Waals surface area (Å²) in [5, 5.41) is 0. The average Bonchev–Trinajstić information content (AvgIpc) is 3.68. The molecule has 2 aromatic carbocycles. The quantitative estimate of drug-likeness (QED) is 0.244. The van der Waals surface area contributed by atoms with Gasteiger partial charge in [0.2, 0.25) is 6.79 Å². The number of thiazole rings is 1. The lowest BCUT2D eigenvalue weighted by molar-refractivity contribution is -0.139. The Morgan fingerprint density at radius 1 is 1.15 bits per heavy atom. The zero-order chi connectivity index (χ0) is 28.7. The van der Waals surface area contributed by atoms with E-state index in [2.05, 4.69) is 15.9 Å². The van der Waals surface area contributed by atoms with Gasteiger partial charge in [-0.1, -0.05) is 52.7 Å². The number of benzene rings is 2. The molecule has 0 radical (unpaired) electrons. The molecule has 1 unspecified atom stereocenters. The molecule has 2 aliphatic rings. The maximum atomic E-state index is 14.0. The zero-order valence-electron chi connectivity index (χ0n) is 22.7. The standard InChI is InChI=1S/C31H27BrN2O6S/c1-4-6-22-27(30(36)37-5-2)28(18-8-11-24-25(14-18)39-16-38-24)34-29(35)26(41-31(34)33-22)15-19-9-12-23(40-19)20-10-7-17(3)13-21(20)32/h7-15,28H,4-6,16H2,1-3H3/b26-15-. The maximum Gasteiger partial charge on any atom is 0.338 e. The first kappa shape index (κ1) is 27.3. The van der Waals surface area contributed by atoms with Crippen LogP contribution in [0, 0.1) is 6.92 Å². The fraction of sp³-hybridized carbons (Fsp3) is 0.258. The summed E-state index contributed by atoms with van der Waals surface area (Å²) in [5.41, 5.74) is 3.46. The van der Waals surface area contributed by atoms with E-state index in [1.54, 1.807) is 23.6 Å². The van der Waals surface area contributed by atoms with E-state index in [0.29, 0.717) is 55.6 Å². The predicted octanol–water partition coefficient (Wildman–Crippen LogP) is 5.64. The van der Waals surface area contributed by atoms with E-state index in [0.717, 1.165) is 22.0 Å². The molecule has 210 valence electrons. The highest BCUT2D eigenvalue weighted by Gasteiger charge is 2.35. The van der Waals surface area contributed by atoms with Gasteiger partial charge in [-0.25, -0.2) is 9.79 Å². The van der Waals surface area contributed by atoms with Gasteiger partial charge in [0.1, 0.15) is 11.5 Å². The number of fused-ring (bicyclic) bond motifs is 2. The molecule has 0 aliphatic carbocycles. The molecular formula is C31H27BrN2O6S. The topological polar surface area (TPSA) is 92.3 Å². The first-order chi connectivity index (χ1) is 19.9. The van der Waals surface area contributed by atoms with Crippen molar-refractivity contribution in [2.45, 2.75) is 39.7 Å². The molecule has 0 fully saturated rings. The molecule has 8 nitrogen and oxygen atoms in total. The van der Waals surface area contributed by atoms with E-state index in [1.807, 2.05) is 56.3 Å². The third-order valence-corrected chi connectivity index (χ3v) is 8.53. The molecule has 0 N–H and O–H groups in total. The number of aromatic nitrogens is 1. The van der Waals surface area contributed by atoms with Crippen molar-refractivity contribution in [1.29, 1.82) is 0 Å². The van der Waals surface area contributed by atoms with Crippen molar-refractivity contribution in [3.63, 3.8) is 0 Å². The Balaban J connectivity index is 1.50. The van der Waals surface area contributed by atoms with Crippen LogP contribution in [0.1, 0.15) is 49.6 Å². The second kappa shape index (κ2) is 11.2. The van der Waals surface area contributed by atoms with E-state index in [-0.39, 0.29) is 19.0 Å². The summed E-state index contributed by atoms with van der Waals surface area (Å²) < 4.78 is 25.6. The Labute approximate surface area is 248 Å². The number of ether oxygens (including phenoxy) is 3. The van der Waals surface area contributed by atoms with Gasteiger partial charge < -0.3 is 18.6 Å². The minimum atomic E-state index is -0.737. The number of esters is 1. The molecule has 4 aromatic rings. The average molecular weight is 636 g/mol. The van der Waals surface area contributed by atoms with Crippen LogP contribution in [-0.4, -0.2) is 23.9 Å². The third kappa shape index (κ3) is 5.06. The Morgan fingerprint density at radius 2 is 1.98 bits per heavy atom. The van der Waals surface area contributed by atoms with Gasteiger partial charge in [-0.05, 0) is 67.8 Å². The molecule has 10 heteroatoms. The molecule has 0 amide bonds. The second-order valence-corrected chi connectivity index (χ2v) is 11.6. The van der Waals surface area contributed by atoms with Gasteiger partial charge >= 0.3 is 5.97 Å². The number of allylic oxidation sites excluding steroid dienone is 1. The van der Waals surface area contributed by atoms with Crippen LogP contribution in [0.2, 0.25) is 0 Å². The number of rotatable bonds is 7. The Morgan fingerprint density at radius 3 is 2.76 bits per heavy atom. The fourth-order valence-corrected chi connectivity index (χ4v) is 6.73. The van der Waals surface area contributed by atoms with Gasteiger partial charge in [-0.2, -0.15) is 0 Å². The summed E-state index contributed by atoms with van der Waals surface area (Å²) in [4.78, 5) is 32.7. The Hall–Kier alpha value is -3.89. The van der Waals surface area contributed by atoms with E-state index < -0.39 is 12.0 Å². The lowest BCUT2D eigenvalue weighted by Gasteiger charge is -2.25. The molecular weight excluding hydrogens is 608 g/mol. The Kier molecular flexibility index (Phi) is 7.44. The zero-order valence-corrected chi connectivity index (χ0v) is 25.1. The van der Waals surface area contributed by atoms with Gasteiger partial charge in [0.25, 0.3) is 5.56 Å². The fourth-order valence-electron chi connectivity index (χ4n) is 5.04. The lowest BCUT2D eigenvalue weighted by Crippen LogP contribution is -2.40. The molecule has 1 atom stereocenters. The van der Waals surface area contributed by atoms with E-state index in [4.69, 9.17) is 23.6 Å². The highest BCUT2D eigenvalue weighted by Crippen LogP contribution is 2.39. The summed E-state index contributed by atoms with van der Waals surface area (Å²) in [6, 6.07) is 14.5. The van der Waals surface area contributed by atoms with Crippen LogP contribution in [0.4, 0.5) is 0 Å². The number of nitrogens with zero attached hydrogens (tertiary/aromatic N) is 2. The van der Waals surface area contributed by atoms with E-state index in [1.165, 1.54) is 11.3 Å². The molecule has 0 bridgehead atoms. The lowest BCUT2D eigenvalue weighted by atomic mass is 9.94. The Bertz CT molecular complexity index is 1880. The van der Waals surface area contributed by atoms with Crippen LogP contribution in [0.15, 0.2) is 78.5 Å². The SMILES string of the molecule is CCCC1=C(C(=O)OCC)C(c2ccc3c(c2)OCO3)n2c(s/c(=C\c3ccc(-c4ccc(C)cc4Br)o3)c2=O)=N1. The van der Waals surface area contributed by atoms with Gasteiger partial charge in [-0.3, -0.25) is 9.36 Å². The number of hydrogen-bond donors (Lipinski definition) is 0. The highest BCUT2D eigenvalue weighted by molar-refractivity contribution is 9.10. The van der Waals surface area contributed by atoms with Crippen molar-refractivity contribution in [2.24, 2.45) is 4.99 Å². The van der Waals surface area contributed by atoms with Crippen molar-refractivity contribution in [3.8, 4) is 22.8 Å². The first-order valence-corrected chi connectivity index (χ1v) is 15.0. The van der Waals surface area contributed by atoms with E-state index in [9.17, 15) is 9.59 Å². The molecule has 4 heterocycles. The van der Waals surface area contributed by atoms with Crippen molar-refractivity contribution in [1.82, 2.24) is 4.57 Å². The number of furan rings is 1. The number of carbonyl (C=O) groups is 1. The van der Waals surface area contributed by atoms with Crippen LogP contribution < -0.4 is 24.4 Å². The van der Waals surface area contributed by atoms with Crippen molar-refractivity contribution in [3.05, 3.63) is 101 Å². The van der Waals surface area contributed by atoms with Gasteiger partial charge in [0.15, 0.2) is 16.3 Å². The van der Waals surface area contributed by atoms with Crippen molar-refractivity contribution < 1.29 is 23.4 Å². The summed E-state index contributed by atoms with van der Waals surface area (Å²) in [7, 11) is 0. The van der Waals surface area contributed by atoms with Crippen molar-refractivity contribution in [2.75, 3.05) is 13.4 Å². The first-order valence-electron chi connectivity index (χ1n) is 13.4. The number of carbonyl (C=O) groups excluding carboxylic acids is 1. The second-order valence-electron chi connectivity index (χ2n) is 9.71. The molecule has 6 rings (SSSR count). The normalized spacial score (nSPS) is 16.1. The third-order valence-electron chi connectivity index (χ3n) is 6.89. The van der Waals surface area contributed by atoms with Crippen LogP contribution in [0.5, 0.6) is 11.5 Å². The summed E-state index contributed by atoms with van der Waals surface area (Å²) >= 11 is 4.88. The smallest absolute Gasteiger partial charge is 0.338 e. The number of halogens is 1. The van der Waals surface area contributed by atoms with Crippen LogP contribution in [0.25, 0.3) is 17.4 Å². The van der Waals surface area contributed by atoms with E-state index >= 15 is 0 Å². The van der Waals surface area contributed by atoms with Gasteiger partial charge in [-0.15, -0.1) is 0 Å².